The molecule has 0 fully saturated rings. The van der Waals surface area contributed by atoms with Crippen molar-refractivity contribution in [1.82, 2.24) is 0 Å². The van der Waals surface area contributed by atoms with Gasteiger partial charge in [-0.2, -0.15) is 0 Å². The van der Waals surface area contributed by atoms with Crippen LogP contribution in [0.4, 0.5) is 5.69 Å². The van der Waals surface area contributed by atoms with Crippen molar-refractivity contribution in [2.45, 2.75) is 6.10 Å². The highest BCUT2D eigenvalue weighted by Crippen LogP contribution is 2.31. The molecule has 0 aromatic heterocycles. The summed E-state index contributed by atoms with van der Waals surface area (Å²) < 4.78 is 21.0. The van der Waals surface area contributed by atoms with Crippen molar-refractivity contribution in [2.75, 3.05) is 25.6 Å². The number of rotatable bonds is 5. The second-order valence-corrected chi connectivity index (χ2v) is 5.78. The van der Waals surface area contributed by atoms with Crippen molar-refractivity contribution < 1.29 is 28.5 Å². The Hall–Kier alpha value is -2.93. The maximum absolute atomic E-state index is 12.1. The average molecular weight is 378 g/mol. The van der Waals surface area contributed by atoms with E-state index in [9.17, 15) is 9.59 Å². The monoisotopic (exact) mass is 377 g/mol. The SMILES string of the molecule is COc1ccc(NC(=O)COC(=O)C2COc3ccccc3O2)cc1Cl. The molecule has 1 amide bonds. The van der Waals surface area contributed by atoms with E-state index < -0.39 is 24.6 Å². The number of carbonyl (C=O) groups is 2. The minimum Gasteiger partial charge on any atom is -0.495 e. The van der Waals surface area contributed by atoms with E-state index in [2.05, 4.69) is 5.32 Å². The number of halogens is 1. The zero-order valence-electron chi connectivity index (χ0n) is 13.9. The molecular formula is C18H16ClNO6. The maximum Gasteiger partial charge on any atom is 0.351 e. The van der Waals surface area contributed by atoms with Gasteiger partial charge in [-0.15, -0.1) is 0 Å². The molecule has 3 rings (SSSR count). The molecule has 1 unspecified atom stereocenters. The molecule has 0 bridgehead atoms. The fourth-order valence-corrected chi connectivity index (χ4v) is 2.56. The lowest BCUT2D eigenvalue weighted by Gasteiger charge is -2.24. The molecule has 0 saturated heterocycles. The number of hydrogen-bond donors (Lipinski definition) is 1. The third-order valence-electron chi connectivity index (χ3n) is 3.55. The van der Waals surface area contributed by atoms with Crippen LogP contribution in [0.15, 0.2) is 42.5 Å². The third kappa shape index (κ3) is 4.18. The molecule has 1 atom stereocenters. The summed E-state index contributed by atoms with van der Waals surface area (Å²) in [4.78, 5) is 24.0. The van der Waals surface area contributed by atoms with Gasteiger partial charge < -0.3 is 24.3 Å². The number of fused-ring (bicyclic) bond motifs is 1. The maximum atomic E-state index is 12.1. The van der Waals surface area contributed by atoms with E-state index in [0.29, 0.717) is 28.0 Å². The number of nitrogens with one attached hydrogen (secondary N) is 1. The molecule has 26 heavy (non-hydrogen) atoms. The molecule has 1 N–H and O–H groups in total. The number of methoxy groups -OCH3 is 1. The predicted molar refractivity (Wildman–Crippen MR) is 93.9 cm³/mol. The van der Waals surface area contributed by atoms with Crippen molar-refractivity contribution >= 4 is 29.2 Å². The van der Waals surface area contributed by atoms with Gasteiger partial charge in [-0.3, -0.25) is 4.79 Å². The van der Waals surface area contributed by atoms with E-state index in [1.807, 2.05) is 0 Å². The first kappa shape index (κ1) is 17.9. The van der Waals surface area contributed by atoms with Crippen LogP contribution in [-0.4, -0.2) is 38.3 Å². The van der Waals surface area contributed by atoms with E-state index in [-0.39, 0.29) is 6.61 Å². The summed E-state index contributed by atoms with van der Waals surface area (Å²) >= 11 is 5.99. The van der Waals surface area contributed by atoms with Crippen LogP contribution < -0.4 is 19.5 Å². The number of anilines is 1. The molecule has 7 nitrogen and oxygen atoms in total. The Bertz CT molecular complexity index is 825. The van der Waals surface area contributed by atoms with Crippen molar-refractivity contribution in [2.24, 2.45) is 0 Å². The summed E-state index contributed by atoms with van der Waals surface area (Å²) in [6, 6.07) is 11.8. The summed E-state index contributed by atoms with van der Waals surface area (Å²) in [6.07, 6.45) is -0.923. The largest absolute Gasteiger partial charge is 0.495 e. The molecular weight excluding hydrogens is 362 g/mol. The Morgan fingerprint density at radius 1 is 1.23 bits per heavy atom. The van der Waals surface area contributed by atoms with Gasteiger partial charge in [0.2, 0.25) is 6.10 Å². The van der Waals surface area contributed by atoms with E-state index in [0.717, 1.165) is 0 Å². The van der Waals surface area contributed by atoms with Crippen LogP contribution >= 0.6 is 11.6 Å². The van der Waals surface area contributed by atoms with Gasteiger partial charge in [0.15, 0.2) is 18.1 Å². The zero-order valence-corrected chi connectivity index (χ0v) is 14.6. The lowest BCUT2D eigenvalue weighted by atomic mass is 10.2. The van der Waals surface area contributed by atoms with Gasteiger partial charge in [-0.05, 0) is 30.3 Å². The number of ether oxygens (including phenoxy) is 4. The molecule has 2 aromatic rings. The summed E-state index contributed by atoms with van der Waals surface area (Å²) in [5.74, 6) is 0.327. The average Bonchev–Trinajstić information content (AvgIpc) is 2.66. The highest BCUT2D eigenvalue weighted by atomic mass is 35.5. The number of para-hydroxylation sites is 2. The first-order valence-electron chi connectivity index (χ1n) is 7.75. The van der Waals surface area contributed by atoms with Gasteiger partial charge in [-0.1, -0.05) is 23.7 Å². The van der Waals surface area contributed by atoms with Gasteiger partial charge in [0.05, 0.1) is 12.1 Å². The second-order valence-electron chi connectivity index (χ2n) is 5.37. The summed E-state index contributed by atoms with van der Waals surface area (Å²) in [6.45, 7) is -0.435. The molecule has 136 valence electrons. The third-order valence-corrected chi connectivity index (χ3v) is 3.85. The van der Waals surface area contributed by atoms with Crippen LogP contribution in [-0.2, 0) is 14.3 Å². The number of benzene rings is 2. The first-order valence-corrected chi connectivity index (χ1v) is 8.13. The molecule has 2 aromatic carbocycles. The van der Waals surface area contributed by atoms with E-state index >= 15 is 0 Å². The Morgan fingerprint density at radius 3 is 2.73 bits per heavy atom. The molecule has 1 aliphatic rings. The molecule has 1 aliphatic heterocycles. The molecule has 0 spiro atoms. The van der Waals surface area contributed by atoms with Crippen LogP contribution in [0.2, 0.25) is 5.02 Å². The second kappa shape index (κ2) is 7.97. The lowest BCUT2D eigenvalue weighted by molar-refractivity contribution is -0.156. The molecule has 1 heterocycles. The standard InChI is InChI=1S/C18H16ClNO6/c1-23-13-7-6-11(8-12(13)19)20-17(21)10-25-18(22)16-9-24-14-4-2-3-5-15(14)26-16/h2-8,16H,9-10H2,1H3,(H,20,21). The predicted octanol–water partition coefficient (Wildman–Crippen LogP) is 2.67. The van der Waals surface area contributed by atoms with Gasteiger partial charge in [0.25, 0.3) is 5.91 Å². The van der Waals surface area contributed by atoms with Crippen LogP contribution in [0.1, 0.15) is 0 Å². The summed E-state index contributed by atoms with van der Waals surface area (Å²) in [7, 11) is 1.49. The van der Waals surface area contributed by atoms with E-state index in [1.54, 1.807) is 36.4 Å². The smallest absolute Gasteiger partial charge is 0.351 e. The van der Waals surface area contributed by atoms with Crippen molar-refractivity contribution in [3.05, 3.63) is 47.5 Å². The Morgan fingerprint density at radius 2 is 2.00 bits per heavy atom. The number of hydrogen-bond acceptors (Lipinski definition) is 6. The first-order chi connectivity index (χ1) is 12.6. The minimum atomic E-state index is -0.923. The van der Waals surface area contributed by atoms with Crippen LogP contribution in [0.25, 0.3) is 0 Å². The van der Waals surface area contributed by atoms with Gasteiger partial charge >= 0.3 is 5.97 Å². The molecule has 0 saturated carbocycles. The molecule has 0 radical (unpaired) electrons. The highest BCUT2D eigenvalue weighted by molar-refractivity contribution is 6.32. The molecule has 0 aliphatic carbocycles. The van der Waals surface area contributed by atoms with Gasteiger partial charge in [-0.25, -0.2) is 4.79 Å². The van der Waals surface area contributed by atoms with Crippen molar-refractivity contribution in [1.29, 1.82) is 0 Å². The van der Waals surface area contributed by atoms with Gasteiger partial charge in [0.1, 0.15) is 12.4 Å². The topological polar surface area (TPSA) is 83.1 Å². The fraction of sp³-hybridized carbons (Fsp3) is 0.222. The van der Waals surface area contributed by atoms with Gasteiger partial charge in [0, 0.05) is 5.69 Å². The minimum absolute atomic E-state index is 0.0194. The number of carbonyl (C=O) groups excluding carboxylic acids is 2. The number of amides is 1. The highest BCUT2D eigenvalue weighted by Gasteiger charge is 2.29. The number of esters is 1. The van der Waals surface area contributed by atoms with Crippen LogP contribution in [0.3, 0.4) is 0 Å². The Kier molecular flexibility index (Phi) is 5.48. The van der Waals surface area contributed by atoms with E-state index in [1.165, 1.54) is 13.2 Å². The van der Waals surface area contributed by atoms with Crippen molar-refractivity contribution in [3.8, 4) is 17.2 Å². The van der Waals surface area contributed by atoms with Crippen LogP contribution in [0.5, 0.6) is 17.2 Å². The Labute approximate surface area is 154 Å². The summed E-state index contributed by atoms with van der Waals surface area (Å²) in [5.41, 5.74) is 0.461. The lowest BCUT2D eigenvalue weighted by Crippen LogP contribution is -2.39. The zero-order chi connectivity index (χ0) is 18.5. The van der Waals surface area contributed by atoms with Crippen LogP contribution in [0, 0.1) is 0 Å². The fourth-order valence-electron chi connectivity index (χ4n) is 2.31. The Balaban J connectivity index is 1.50. The normalized spacial score (nSPS) is 15.1. The quantitative estimate of drug-likeness (QED) is 0.806. The van der Waals surface area contributed by atoms with E-state index in [4.69, 9.17) is 30.5 Å². The molecule has 8 heteroatoms. The van der Waals surface area contributed by atoms with Crippen molar-refractivity contribution in [3.63, 3.8) is 0 Å². The summed E-state index contributed by atoms with van der Waals surface area (Å²) in [5, 5.41) is 2.94.